The van der Waals surface area contributed by atoms with Crippen LogP contribution in [0.3, 0.4) is 0 Å². The first-order valence-electron chi connectivity index (χ1n) is 5.31. The molecule has 1 aromatic carbocycles. The summed E-state index contributed by atoms with van der Waals surface area (Å²) < 4.78 is 104. The number of esters is 2. The van der Waals surface area contributed by atoms with E-state index < -0.39 is 41.7 Å². The monoisotopic (exact) mass is 352 g/mol. The fraction of sp³-hybridized carbons (Fsp3) is 0.273. The zero-order valence-corrected chi connectivity index (χ0v) is 10.5. The van der Waals surface area contributed by atoms with E-state index in [0.717, 1.165) is 12.1 Å². The van der Waals surface area contributed by atoms with E-state index in [1.807, 2.05) is 0 Å². The normalized spacial score (nSPS) is 12.7. The zero-order chi connectivity index (χ0) is 18.1. The van der Waals surface area contributed by atoms with Gasteiger partial charge in [-0.05, 0) is 12.1 Å². The lowest BCUT2D eigenvalue weighted by Crippen LogP contribution is -2.46. The van der Waals surface area contributed by atoms with E-state index in [-0.39, 0.29) is 0 Å². The maximum absolute atomic E-state index is 12.6. The van der Waals surface area contributed by atoms with Gasteiger partial charge in [0.05, 0.1) is 0 Å². The van der Waals surface area contributed by atoms with E-state index in [1.54, 1.807) is 0 Å². The standard InChI is InChI=1S/C11H4F8O4/c12-9(13,11(17,18)19)7(20)22-5-2-1-3-6(4-5)23-8(21)10(14,15)16/h1-4H. The highest BCUT2D eigenvalue weighted by Crippen LogP contribution is 2.37. The zero-order valence-electron chi connectivity index (χ0n) is 10.5. The molecule has 0 radical (unpaired) electrons. The molecule has 23 heavy (non-hydrogen) atoms. The van der Waals surface area contributed by atoms with Crippen LogP contribution in [0.4, 0.5) is 35.1 Å². The van der Waals surface area contributed by atoms with Gasteiger partial charge < -0.3 is 9.47 Å². The Kier molecular flexibility index (Phi) is 4.87. The first kappa shape index (κ1) is 18.6. The minimum Gasteiger partial charge on any atom is -0.422 e. The second-order valence-corrected chi connectivity index (χ2v) is 3.82. The number of halogens is 8. The van der Waals surface area contributed by atoms with Crippen molar-refractivity contribution in [2.75, 3.05) is 0 Å². The average Bonchev–Trinajstić information content (AvgIpc) is 2.36. The summed E-state index contributed by atoms with van der Waals surface area (Å²) in [4.78, 5) is 21.3. The highest BCUT2D eigenvalue weighted by atomic mass is 19.4. The van der Waals surface area contributed by atoms with Gasteiger partial charge in [-0.15, -0.1) is 0 Å². The van der Waals surface area contributed by atoms with Crippen LogP contribution in [0.5, 0.6) is 11.5 Å². The molecule has 0 amide bonds. The molecular weight excluding hydrogens is 348 g/mol. The Labute approximate surface area is 121 Å². The predicted octanol–water partition coefficient (Wildman–Crippen LogP) is 3.26. The smallest absolute Gasteiger partial charge is 0.422 e. The van der Waals surface area contributed by atoms with Crippen LogP contribution < -0.4 is 9.47 Å². The fourth-order valence-electron chi connectivity index (χ4n) is 1.05. The van der Waals surface area contributed by atoms with Crippen molar-refractivity contribution in [2.45, 2.75) is 18.3 Å². The minimum absolute atomic E-state index is 0.355. The van der Waals surface area contributed by atoms with Gasteiger partial charge in [0.25, 0.3) is 0 Å². The summed E-state index contributed by atoms with van der Waals surface area (Å²) in [7, 11) is 0. The quantitative estimate of drug-likeness (QED) is 0.476. The van der Waals surface area contributed by atoms with Crippen molar-refractivity contribution in [3.8, 4) is 11.5 Å². The van der Waals surface area contributed by atoms with E-state index in [9.17, 15) is 44.7 Å². The number of hydrogen-bond acceptors (Lipinski definition) is 4. The van der Waals surface area contributed by atoms with Crippen molar-refractivity contribution in [1.29, 1.82) is 0 Å². The third-order valence-corrected chi connectivity index (χ3v) is 2.07. The molecule has 12 heteroatoms. The van der Waals surface area contributed by atoms with Crippen LogP contribution in [0.15, 0.2) is 24.3 Å². The third kappa shape index (κ3) is 4.53. The van der Waals surface area contributed by atoms with Crippen molar-refractivity contribution in [3.63, 3.8) is 0 Å². The first-order chi connectivity index (χ1) is 10.2. The highest BCUT2D eigenvalue weighted by molar-refractivity contribution is 5.81. The molecule has 0 atom stereocenters. The van der Waals surface area contributed by atoms with Crippen LogP contribution in [0.1, 0.15) is 0 Å². The first-order valence-corrected chi connectivity index (χ1v) is 5.31. The van der Waals surface area contributed by atoms with Gasteiger partial charge in [0.15, 0.2) is 0 Å². The lowest BCUT2D eigenvalue weighted by atomic mass is 10.3. The second kappa shape index (κ2) is 6.01. The Bertz CT molecular complexity index is 605. The molecule has 0 aliphatic rings. The summed E-state index contributed by atoms with van der Waals surface area (Å²) in [5, 5.41) is 0. The van der Waals surface area contributed by atoms with Gasteiger partial charge in [-0.3, -0.25) is 0 Å². The van der Waals surface area contributed by atoms with Gasteiger partial charge in [-0.2, -0.15) is 35.1 Å². The van der Waals surface area contributed by atoms with E-state index in [4.69, 9.17) is 0 Å². The van der Waals surface area contributed by atoms with Crippen molar-refractivity contribution in [2.24, 2.45) is 0 Å². The Balaban J connectivity index is 2.90. The Morgan fingerprint density at radius 3 is 1.61 bits per heavy atom. The number of benzene rings is 1. The maximum atomic E-state index is 12.6. The van der Waals surface area contributed by atoms with Crippen LogP contribution in [-0.4, -0.2) is 30.2 Å². The minimum atomic E-state index is -6.22. The van der Waals surface area contributed by atoms with Gasteiger partial charge in [0.2, 0.25) is 0 Å². The molecule has 0 heterocycles. The topological polar surface area (TPSA) is 52.6 Å². The molecule has 0 aliphatic carbocycles. The number of rotatable bonds is 3. The van der Waals surface area contributed by atoms with E-state index in [0.29, 0.717) is 12.1 Å². The van der Waals surface area contributed by atoms with Crippen LogP contribution in [0.2, 0.25) is 0 Å². The Morgan fingerprint density at radius 2 is 1.22 bits per heavy atom. The summed E-state index contributed by atoms with van der Waals surface area (Å²) in [5.41, 5.74) is 0. The SMILES string of the molecule is O=C(Oc1cccc(OC(=O)C(F)(F)C(F)(F)F)c1)C(F)(F)F. The van der Waals surface area contributed by atoms with Crippen molar-refractivity contribution in [3.05, 3.63) is 24.3 Å². The van der Waals surface area contributed by atoms with Crippen molar-refractivity contribution >= 4 is 11.9 Å². The fourth-order valence-corrected chi connectivity index (χ4v) is 1.05. The van der Waals surface area contributed by atoms with Gasteiger partial charge in [0.1, 0.15) is 11.5 Å². The van der Waals surface area contributed by atoms with Gasteiger partial charge in [-0.25, -0.2) is 9.59 Å². The number of alkyl halides is 8. The largest absolute Gasteiger partial charge is 0.491 e. The molecule has 1 aromatic rings. The summed E-state index contributed by atoms with van der Waals surface area (Å²) in [6.07, 6.45) is -11.6. The average molecular weight is 352 g/mol. The van der Waals surface area contributed by atoms with Crippen molar-refractivity contribution < 1.29 is 54.2 Å². The van der Waals surface area contributed by atoms with Crippen LogP contribution >= 0.6 is 0 Å². The molecule has 0 saturated carbocycles. The number of carbonyl (C=O) groups is 2. The molecule has 128 valence electrons. The van der Waals surface area contributed by atoms with E-state index in [2.05, 4.69) is 9.47 Å². The van der Waals surface area contributed by atoms with Crippen LogP contribution in [0.25, 0.3) is 0 Å². The Morgan fingerprint density at radius 1 is 0.783 bits per heavy atom. The predicted molar refractivity (Wildman–Crippen MR) is 54.8 cm³/mol. The van der Waals surface area contributed by atoms with E-state index >= 15 is 0 Å². The van der Waals surface area contributed by atoms with E-state index in [1.165, 1.54) is 0 Å². The molecule has 4 nitrogen and oxygen atoms in total. The molecule has 0 fully saturated rings. The third-order valence-electron chi connectivity index (χ3n) is 2.07. The van der Waals surface area contributed by atoms with Crippen LogP contribution in [0, 0.1) is 0 Å². The van der Waals surface area contributed by atoms with Gasteiger partial charge in [-0.1, -0.05) is 6.07 Å². The highest BCUT2D eigenvalue weighted by Gasteiger charge is 2.65. The summed E-state index contributed by atoms with van der Waals surface area (Å²) in [6, 6.07) is 2.60. The summed E-state index contributed by atoms with van der Waals surface area (Å²) in [5.74, 6) is -13.4. The number of carbonyl (C=O) groups excluding carboxylic acids is 2. The molecular formula is C11H4F8O4. The molecule has 0 aliphatic heterocycles. The lowest BCUT2D eigenvalue weighted by Gasteiger charge is -2.17. The molecule has 0 aromatic heterocycles. The number of hydrogen-bond donors (Lipinski definition) is 0. The molecule has 1 rings (SSSR count). The molecule has 0 bridgehead atoms. The maximum Gasteiger partial charge on any atom is 0.491 e. The molecule has 0 unspecified atom stereocenters. The summed E-state index contributed by atoms with van der Waals surface area (Å²) >= 11 is 0. The van der Waals surface area contributed by atoms with Crippen molar-refractivity contribution in [1.82, 2.24) is 0 Å². The lowest BCUT2D eigenvalue weighted by molar-refractivity contribution is -0.276. The second-order valence-electron chi connectivity index (χ2n) is 3.82. The molecule has 0 N–H and O–H groups in total. The summed E-state index contributed by atoms with van der Waals surface area (Å²) in [6.45, 7) is 0. The number of ether oxygens (including phenoxy) is 2. The van der Waals surface area contributed by atoms with Gasteiger partial charge in [0, 0.05) is 6.07 Å². The molecule has 0 saturated heterocycles. The van der Waals surface area contributed by atoms with Crippen LogP contribution in [-0.2, 0) is 9.59 Å². The van der Waals surface area contributed by atoms with Gasteiger partial charge >= 0.3 is 30.2 Å². The Hall–Kier alpha value is -2.40. The molecule has 0 spiro atoms.